The number of likely N-dealkylation sites (tertiary alicyclic amines) is 1. The van der Waals surface area contributed by atoms with E-state index in [0.29, 0.717) is 5.02 Å². The van der Waals surface area contributed by atoms with E-state index >= 15 is 4.39 Å². The molecule has 4 rings (SSSR count). The molecule has 0 saturated carbocycles. The molecule has 2 aliphatic heterocycles. The lowest BCUT2D eigenvalue weighted by atomic mass is 9.62. The number of carbonyl (C=O) groups is 3. The highest BCUT2D eigenvalue weighted by atomic mass is 35.5. The molecule has 36 heavy (non-hydrogen) atoms. The summed E-state index contributed by atoms with van der Waals surface area (Å²) >= 11 is 5.89. The van der Waals surface area contributed by atoms with Crippen molar-refractivity contribution < 1.29 is 36.3 Å². The van der Waals surface area contributed by atoms with E-state index in [-0.39, 0.29) is 37.3 Å². The zero-order chi connectivity index (χ0) is 26.3. The normalized spacial score (nSPS) is 21.2. The van der Waals surface area contributed by atoms with Crippen molar-refractivity contribution in [1.82, 2.24) is 9.62 Å². The highest BCUT2D eigenvalue weighted by molar-refractivity contribution is 7.89. The number of carbonyl (C=O) groups excluding carboxylic acids is 3. The molecule has 0 spiro atoms. The SMILES string of the molecule is CCS(=O)(=O)NCC(=O)N1CCC[C@]2(C(=O)C(=O)c3ccc(Cl)cc3)c3c(F)ccc(F)c3OC[C@H]12. The first-order valence-electron chi connectivity index (χ1n) is 11.2. The minimum atomic E-state index is -3.70. The average Bonchev–Trinajstić information content (AvgIpc) is 2.88. The maximum Gasteiger partial charge on any atom is 0.238 e. The van der Waals surface area contributed by atoms with Crippen LogP contribution in [0.15, 0.2) is 36.4 Å². The summed E-state index contributed by atoms with van der Waals surface area (Å²) in [5.41, 5.74) is -2.35. The molecule has 0 bridgehead atoms. The summed E-state index contributed by atoms with van der Waals surface area (Å²) in [6.07, 6.45) is 0.134. The summed E-state index contributed by atoms with van der Waals surface area (Å²) in [4.78, 5) is 41.6. The van der Waals surface area contributed by atoms with Crippen LogP contribution in [0, 0.1) is 11.6 Å². The first-order valence-corrected chi connectivity index (χ1v) is 13.3. The lowest BCUT2D eigenvalue weighted by Gasteiger charge is -2.51. The summed E-state index contributed by atoms with van der Waals surface area (Å²) < 4.78 is 61.4. The molecular weight excluding hydrogens is 518 g/mol. The number of ether oxygens (including phenoxy) is 1. The standard InChI is InChI=1S/C24H23ClF2N2O6S/c1-2-36(33,34)28-12-19(30)29-11-3-10-24(23(32)21(31)14-4-6-15(25)7-5-14)18(29)13-35-22-17(27)9-8-16(26)20(22)24/h4-9,18,28H,2-3,10-13H2,1H3/t18-,24+/m0/s1. The number of piperidine rings is 1. The van der Waals surface area contributed by atoms with Gasteiger partial charge in [-0.15, -0.1) is 0 Å². The summed E-state index contributed by atoms with van der Waals surface area (Å²) in [7, 11) is -3.70. The number of halogens is 3. The summed E-state index contributed by atoms with van der Waals surface area (Å²) in [6, 6.07) is 6.08. The van der Waals surface area contributed by atoms with Crippen LogP contribution < -0.4 is 9.46 Å². The van der Waals surface area contributed by atoms with Crippen molar-refractivity contribution in [3.63, 3.8) is 0 Å². The van der Waals surface area contributed by atoms with Crippen molar-refractivity contribution in [2.75, 3.05) is 25.4 Å². The van der Waals surface area contributed by atoms with Gasteiger partial charge in [0.2, 0.25) is 27.5 Å². The number of hydrogen-bond acceptors (Lipinski definition) is 6. The van der Waals surface area contributed by atoms with E-state index in [1.54, 1.807) is 0 Å². The number of rotatable bonds is 7. The second-order valence-electron chi connectivity index (χ2n) is 8.61. The predicted molar refractivity (Wildman–Crippen MR) is 127 cm³/mol. The quantitative estimate of drug-likeness (QED) is 0.427. The molecule has 0 unspecified atom stereocenters. The lowest BCUT2D eigenvalue weighted by Crippen LogP contribution is -2.66. The van der Waals surface area contributed by atoms with Gasteiger partial charge in [-0.05, 0) is 56.2 Å². The van der Waals surface area contributed by atoms with E-state index in [4.69, 9.17) is 16.3 Å². The van der Waals surface area contributed by atoms with Gasteiger partial charge in [-0.1, -0.05) is 11.6 Å². The van der Waals surface area contributed by atoms with Crippen LogP contribution in [0.5, 0.6) is 5.75 Å². The Morgan fingerprint density at radius 2 is 1.81 bits per heavy atom. The number of fused-ring (bicyclic) bond motifs is 3. The maximum absolute atomic E-state index is 15.3. The molecule has 2 aliphatic rings. The molecule has 12 heteroatoms. The van der Waals surface area contributed by atoms with Crippen molar-refractivity contribution in [3.05, 3.63) is 64.2 Å². The Morgan fingerprint density at radius 1 is 1.14 bits per heavy atom. The molecule has 0 aliphatic carbocycles. The van der Waals surface area contributed by atoms with Gasteiger partial charge in [-0.2, -0.15) is 0 Å². The number of benzene rings is 2. The summed E-state index contributed by atoms with van der Waals surface area (Å²) in [5.74, 6) is -5.24. The second-order valence-corrected chi connectivity index (χ2v) is 11.1. The zero-order valence-electron chi connectivity index (χ0n) is 19.2. The van der Waals surface area contributed by atoms with Crippen LogP contribution in [0.3, 0.4) is 0 Å². The Hall–Kier alpha value is -2.89. The summed E-state index contributed by atoms with van der Waals surface area (Å²) in [6.45, 7) is 0.528. The molecule has 1 saturated heterocycles. The monoisotopic (exact) mass is 540 g/mol. The third-order valence-corrected chi connectivity index (χ3v) is 8.26. The Morgan fingerprint density at radius 3 is 2.47 bits per heavy atom. The van der Waals surface area contributed by atoms with Gasteiger partial charge in [0.05, 0.1) is 23.8 Å². The van der Waals surface area contributed by atoms with Crippen molar-refractivity contribution in [3.8, 4) is 5.75 Å². The van der Waals surface area contributed by atoms with Gasteiger partial charge >= 0.3 is 0 Å². The molecule has 0 radical (unpaired) electrons. The average molecular weight is 541 g/mol. The van der Waals surface area contributed by atoms with Crippen LogP contribution in [0.2, 0.25) is 5.02 Å². The predicted octanol–water partition coefficient (Wildman–Crippen LogP) is 2.63. The van der Waals surface area contributed by atoms with E-state index in [9.17, 15) is 27.2 Å². The first-order chi connectivity index (χ1) is 17.0. The minimum Gasteiger partial charge on any atom is -0.488 e. The van der Waals surface area contributed by atoms with E-state index in [0.717, 1.165) is 12.1 Å². The van der Waals surface area contributed by atoms with Gasteiger partial charge in [0, 0.05) is 22.7 Å². The van der Waals surface area contributed by atoms with Crippen molar-refractivity contribution in [2.45, 2.75) is 31.2 Å². The Kier molecular flexibility index (Phi) is 7.18. The molecule has 2 atom stereocenters. The van der Waals surface area contributed by atoms with E-state index in [1.165, 1.54) is 36.1 Å². The number of nitrogens with one attached hydrogen (secondary N) is 1. The molecule has 1 fully saturated rings. The highest BCUT2D eigenvalue weighted by Gasteiger charge is 2.59. The molecule has 1 N–H and O–H groups in total. The highest BCUT2D eigenvalue weighted by Crippen LogP contribution is 2.49. The molecular formula is C24H23ClF2N2O6S. The van der Waals surface area contributed by atoms with Crippen LogP contribution in [0.25, 0.3) is 0 Å². The van der Waals surface area contributed by atoms with Crippen LogP contribution in [-0.2, 0) is 25.0 Å². The third kappa shape index (κ3) is 4.51. The van der Waals surface area contributed by atoms with Gasteiger partial charge in [0.25, 0.3) is 0 Å². The van der Waals surface area contributed by atoms with Crippen LogP contribution in [-0.4, -0.2) is 62.3 Å². The fourth-order valence-corrected chi connectivity index (χ4v) is 5.55. The van der Waals surface area contributed by atoms with Gasteiger partial charge in [-0.25, -0.2) is 21.9 Å². The Labute approximate surface area is 211 Å². The van der Waals surface area contributed by atoms with Crippen LogP contribution in [0.4, 0.5) is 8.78 Å². The Balaban J connectivity index is 1.82. The number of ketones is 2. The maximum atomic E-state index is 15.3. The topological polar surface area (TPSA) is 110 Å². The Bertz CT molecular complexity index is 1330. The lowest BCUT2D eigenvalue weighted by molar-refractivity contribution is -0.142. The number of sulfonamides is 1. The number of nitrogens with zero attached hydrogens (tertiary/aromatic N) is 1. The molecule has 2 aromatic rings. The van der Waals surface area contributed by atoms with Gasteiger partial charge in [0.1, 0.15) is 12.4 Å². The zero-order valence-corrected chi connectivity index (χ0v) is 20.8. The van der Waals surface area contributed by atoms with Gasteiger partial charge < -0.3 is 9.64 Å². The van der Waals surface area contributed by atoms with Crippen LogP contribution in [0.1, 0.15) is 35.7 Å². The van der Waals surface area contributed by atoms with Crippen LogP contribution >= 0.6 is 11.6 Å². The smallest absolute Gasteiger partial charge is 0.238 e. The third-order valence-electron chi connectivity index (χ3n) is 6.67. The fourth-order valence-electron chi connectivity index (χ4n) is 4.88. The summed E-state index contributed by atoms with van der Waals surface area (Å²) in [5, 5.41) is 0.337. The van der Waals surface area contributed by atoms with E-state index < -0.39 is 68.4 Å². The van der Waals surface area contributed by atoms with Crippen molar-refractivity contribution >= 4 is 39.1 Å². The van der Waals surface area contributed by atoms with Crippen molar-refractivity contribution in [2.24, 2.45) is 0 Å². The number of hydrogen-bond donors (Lipinski definition) is 1. The largest absolute Gasteiger partial charge is 0.488 e. The fraction of sp³-hybridized carbons (Fsp3) is 0.375. The second kappa shape index (κ2) is 9.87. The molecule has 1 amide bonds. The van der Waals surface area contributed by atoms with Crippen molar-refractivity contribution in [1.29, 1.82) is 0 Å². The van der Waals surface area contributed by atoms with E-state index in [2.05, 4.69) is 4.72 Å². The molecule has 2 aromatic carbocycles. The molecule has 0 aromatic heterocycles. The molecule has 2 heterocycles. The molecule has 8 nitrogen and oxygen atoms in total. The van der Waals surface area contributed by atoms with E-state index in [1.807, 2.05) is 0 Å². The number of amides is 1. The van der Waals surface area contributed by atoms with Gasteiger partial charge in [-0.3, -0.25) is 14.4 Å². The van der Waals surface area contributed by atoms with Gasteiger partial charge in [0.15, 0.2) is 11.6 Å². The molecule has 192 valence electrons. The number of Topliss-reactive ketones (excluding diaryl/α,β-unsaturated/α-hetero) is 2. The minimum absolute atomic E-state index is 0.00142. The first kappa shape index (κ1) is 26.2.